The molecule has 2 aromatic carbocycles. The van der Waals surface area contributed by atoms with Crippen LogP contribution >= 0.6 is 0 Å². The molecule has 7 unspecified atom stereocenters. The van der Waals surface area contributed by atoms with Gasteiger partial charge in [0.05, 0.1) is 30.3 Å². The van der Waals surface area contributed by atoms with Crippen LogP contribution in [-0.4, -0.2) is 47.6 Å². The Morgan fingerprint density at radius 2 is 1.56 bits per heavy atom. The van der Waals surface area contributed by atoms with E-state index in [1.165, 1.54) is 6.07 Å². The second-order valence-corrected chi connectivity index (χ2v) is 9.80. The Morgan fingerprint density at radius 1 is 0.824 bits per heavy atom. The first-order valence-electron chi connectivity index (χ1n) is 12.2. The maximum absolute atomic E-state index is 13.0. The normalized spacial score (nSPS) is 32.0. The monoisotopic (exact) mass is 464 g/mol. The van der Waals surface area contributed by atoms with E-state index in [0.717, 1.165) is 25.7 Å². The molecule has 2 aliphatic carbocycles. The molecule has 178 valence electrons. The highest BCUT2D eigenvalue weighted by molar-refractivity contribution is 6.09. The molecular weight excluding hydrogens is 436 g/mol. The van der Waals surface area contributed by atoms with E-state index in [2.05, 4.69) is 0 Å². The summed E-state index contributed by atoms with van der Waals surface area (Å²) in [5.41, 5.74) is 0.927. The number of esters is 1. The van der Waals surface area contributed by atoms with E-state index in [4.69, 9.17) is 18.9 Å². The fraction of sp³-hybridized carbons (Fsp3) is 0.481. The maximum Gasteiger partial charge on any atom is 0.314 e. The molecule has 7 nitrogen and oxygen atoms in total. The third-order valence-corrected chi connectivity index (χ3v) is 7.49. The number of hydrogen-bond donors (Lipinski definition) is 1. The minimum Gasteiger partial charge on any atom is -0.461 e. The summed E-state index contributed by atoms with van der Waals surface area (Å²) < 4.78 is 22.8. The smallest absolute Gasteiger partial charge is 0.314 e. The van der Waals surface area contributed by atoms with Crippen molar-refractivity contribution in [1.29, 1.82) is 0 Å². The summed E-state index contributed by atoms with van der Waals surface area (Å²) >= 11 is 0. The molecule has 2 saturated heterocycles. The highest BCUT2D eigenvalue weighted by Gasteiger charge is 2.47. The topological polar surface area (TPSA) is 97.9 Å². The SMILES string of the molecule is O=C(c1ccccc1)c1ccc(OC(O)C2CCC3OC3C2)c(OC(=O)C2CCC3OC3C2)c1. The van der Waals surface area contributed by atoms with Gasteiger partial charge in [0.25, 0.3) is 0 Å². The highest BCUT2D eigenvalue weighted by Crippen LogP contribution is 2.43. The molecule has 0 bridgehead atoms. The quantitative estimate of drug-likeness (QED) is 0.220. The van der Waals surface area contributed by atoms with Gasteiger partial charge >= 0.3 is 5.97 Å². The van der Waals surface area contributed by atoms with Crippen molar-refractivity contribution in [3.05, 3.63) is 59.7 Å². The van der Waals surface area contributed by atoms with Gasteiger partial charge in [-0.25, -0.2) is 0 Å². The Kier molecular flexibility index (Phi) is 5.63. The van der Waals surface area contributed by atoms with Crippen LogP contribution in [0.3, 0.4) is 0 Å². The zero-order valence-corrected chi connectivity index (χ0v) is 18.8. The number of ether oxygens (including phenoxy) is 4. The van der Waals surface area contributed by atoms with E-state index < -0.39 is 6.29 Å². The summed E-state index contributed by atoms with van der Waals surface area (Å²) in [6.07, 6.45) is 4.61. The molecular formula is C27H28O7. The first kappa shape index (κ1) is 21.8. The number of ketones is 1. The molecule has 0 amide bonds. The van der Waals surface area contributed by atoms with Gasteiger partial charge in [-0.05, 0) is 56.7 Å². The predicted molar refractivity (Wildman–Crippen MR) is 121 cm³/mol. The van der Waals surface area contributed by atoms with E-state index in [1.807, 2.05) is 6.07 Å². The van der Waals surface area contributed by atoms with Crippen LogP contribution in [-0.2, 0) is 14.3 Å². The second kappa shape index (κ2) is 8.80. The number of fused-ring (bicyclic) bond motifs is 2. The van der Waals surface area contributed by atoms with Gasteiger partial charge in [0.1, 0.15) is 0 Å². The van der Waals surface area contributed by atoms with Crippen molar-refractivity contribution < 1.29 is 33.6 Å². The number of rotatable bonds is 7. The molecule has 7 atom stereocenters. The first-order chi connectivity index (χ1) is 16.5. The van der Waals surface area contributed by atoms with Gasteiger partial charge in [-0.3, -0.25) is 9.59 Å². The summed E-state index contributed by atoms with van der Waals surface area (Å²) in [5, 5.41) is 10.8. The molecule has 2 aromatic rings. The number of hydrogen-bond acceptors (Lipinski definition) is 7. The summed E-state index contributed by atoms with van der Waals surface area (Å²) in [7, 11) is 0. The molecule has 1 N–H and O–H groups in total. The molecule has 2 saturated carbocycles. The fourth-order valence-corrected chi connectivity index (χ4v) is 5.31. The molecule has 7 heteroatoms. The van der Waals surface area contributed by atoms with Crippen LogP contribution in [0.2, 0.25) is 0 Å². The summed E-state index contributed by atoms with van der Waals surface area (Å²) in [6, 6.07) is 13.7. The van der Waals surface area contributed by atoms with E-state index in [1.54, 1.807) is 36.4 Å². The molecule has 6 rings (SSSR count). The van der Waals surface area contributed by atoms with Crippen LogP contribution in [0.1, 0.15) is 54.4 Å². The Bertz CT molecular complexity index is 1080. The van der Waals surface area contributed by atoms with Crippen molar-refractivity contribution in [2.24, 2.45) is 11.8 Å². The third-order valence-electron chi connectivity index (χ3n) is 7.49. The molecule has 34 heavy (non-hydrogen) atoms. The molecule has 2 heterocycles. The Morgan fingerprint density at radius 3 is 2.29 bits per heavy atom. The number of epoxide rings is 2. The molecule has 0 radical (unpaired) electrons. The lowest BCUT2D eigenvalue weighted by Gasteiger charge is -2.26. The predicted octanol–water partition coefficient (Wildman–Crippen LogP) is 3.66. The number of aliphatic hydroxyl groups is 1. The standard InChI is InChI=1S/C27H28O7/c28-25(15-4-2-1-3-5-15)16-6-9-21(33-26(29)17-7-10-19-22(13-17)31-19)24(12-16)34-27(30)18-8-11-20-23(14-18)32-20/h1-6,9,12,17-20,22-23,26,29H,7-8,10-11,13-14H2. The summed E-state index contributed by atoms with van der Waals surface area (Å²) in [4.78, 5) is 26.0. The number of carbonyl (C=O) groups is 2. The van der Waals surface area contributed by atoms with Gasteiger partial charge in [0.2, 0.25) is 6.29 Å². The summed E-state index contributed by atoms with van der Waals surface area (Å²) in [6.45, 7) is 0. The first-order valence-corrected chi connectivity index (χ1v) is 12.2. The average Bonchev–Trinajstić information content (AvgIpc) is 3.78. The Balaban J connectivity index is 1.23. The lowest BCUT2D eigenvalue weighted by molar-refractivity contribution is -0.140. The zero-order chi connectivity index (χ0) is 23.2. The average molecular weight is 465 g/mol. The van der Waals surface area contributed by atoms with E-state index in [0.29, 0.717) is 30.1 Å². The molecule has 0 aromatic heterocycles. The number of aliphatic hydroxyl groups excluding tert-OH is 1. The van der Waals surface area contributed by atoms with Crippen molar-refractivity contribution in [3.8, 4) is 11.5 Å². The maximum atomic E-state index is 13.0. The van der Waals surface area contributed by atoms with Crippen LogP contribution in [0.15, 0.2) is 48.5 Å². The van der Waals surface area contributed by atoms with Crippen LogP contribution < -0.4 is 9.47 Å². The van der Waals surface area contributed by atoms with Crippen LogP contribution in [0.25, 0.3) is 0 Å². The van der Waals surface area contributed by atoms with Gasteiger partial charge in [-0.2, -0.15) is 0 Å². The zero-order valence-electron chi connectivity index (χ0n) is 18.8. The van der Waals surface area contributed by atoms with Crippen molar-refractivity contribution in [1.82, 2.24) is 0 Å². The Labute approximate surface area is 198 Å². The van der Waals surface area contributed by atoms with Crippen LogP contribution in [0, 0.1) is 11.8 Å². The molecule has 0 spiro atoms. The van der Waals surface area contributed by atoms with Gasteiger partial charge in [0, 0.05) is 17.0 Å². The lowest BCUT2D eigenvalue weighted by Crippen LogP contribution is -2.31. The van der Waals surface area contributed by atoms with Gasteiger partial charge in [-0.1, -0.05) is 30.3 Å². The van der Waals surface area contributed by atoms with Crippen molar-refractivity contribution >= 4 is 11.8 Å². The number of carbonyl (C=O) groups excluding carboxylic acids is 2. The van der Waals surface area contributed by atoms with E-state index in [9.17, 15) is 14.7 Å². The lowest BCUT2D eigenvalue weighted by atomic mass is 9.89. The van der Waals surface area contributed by atoms with Crippen molar-refractivity contribution in [2.75, 3.05) is 0 Å². The Hall–Kier alpha value is -2.74. The molecule has 4 aliphatic rings. The number of benzene rings is 2. The minimum absolute atomic E-state index is 0.0553. The van der Waals surface area contributed by atoms with Crippen molar-refractivity contribution in [3.63, 3.8) is 0 Å². The summed E-state index contributed by atoms with van der Waals surface area (Å²) in [5.74, 6) is -0.440. The third kappa shape index (κ3) is 4.48. The molecule has 2 aliphatic heterocycles. The van der Waals surface area contributed by atoms with Gasteiger partial charge < -0.3 is 24.1 Å². The molecule has 4 fully saturated rings. The van der Waals surface area contributed by atoms with Crippen LogP contribution in [0.5, 0.6) is 11.5 Å². The van der Waals surface area contributed by atoms with Gasteiger partial charge in [0.15, 0.2) is 17.3 Å². The van der Waals surface area contributed by atoms with E-state index in [-0.39, 0.29) is 53.4 Å². The fourth-order valence-electron chi connectivity index (χ4n) is 5.31. The minimum atomic E-state index is -1.05. The van der Waals surface area contributed by atoms with E-state index >= 15 is 0 Å². The largest absolute Gasteiger partial charge is 0.461 e. The second-order valence-electron chi connectivity index (χ2n) is 9.80. The van der Waals surface area contributed by atoms with Crippen LogP contribution in [0.4, 0.5) is 0 Å². The highest BCUT2D eigenvalue weighted by atomic mass is 16.6. The van der Waals surface area contributed by atoms with Gasteiger partial charge in [-0.15, -0.1) is 0 Å². The van der Waals surface area contributed by atoms with Crippen molar-refractivity contribution in [2.45, 2.75) is 69.2 Å².